The molecule has 20 heavy (non-hydrogen) atoms. The Morgan fingerprint density at radius 2 is 1.95 bits per heavy atom. The second-order valence-electron chi connectivity index (χ2n) is 4.80. The highest BCUT2D eigenvalue weighted by molar-refractivity contribution is 7.88. The predicted octanol–water partition coefficient (Wildman–Crippen LogP) is 2.38. The molecule has 1 atom stereocenters. The summed E-state index contributed by atoms with van der Waals surface area (Å²) in [6.45, 7) is 1.88. The van der Waals surface area contributed by atoms with Crippen molar-refractivity contribution < 1.29 is 8.42 Å². The number of anilines is 1. The number of sulfonamides is 1. The lowest BCUT2D eigenvalue weighted by Crippen LogP contribution is -2.34. The molecule has 0 fully saturated rings. The average molecular weight is 310 g/mol. The van der Waals surface area contributed by atoms with Crippen molar-refractivity contribution in [1.29, 1.82) is 0 Å². The van der Waals surface area contributed by atoms with Crippen LogP contribution in [0.15, 0.2) is 41.8 Å². The van der Waals surface area contributed by atoms with Crippen molar-refractivity contribution in [2.24, 2.45) is 0 Å². The van der Waals surface area contributed by atoms with E-state index in [1.165, 1.54) is 4.88 Å². The van der Waals surface area contributed by atoms with E-state index in [1.807, 2.05) is 24.4 Å². The van der Waals surface area contributed by atoms with E-state index in [9.17, 15) is 8.42 Å². The van der Waals surface area contributed by atoms with Crippen LogP contribution in [0.1, 0.15) is 17.4 Å². The Balaban J connectivity index is 1.94. The van der Waals surface area contributed by atoms with Crippen LogP contribution >= 0.6 is 11.3 Å². The van der Waals surface area contributed by atoms with E-state index >= 15 is 0 Å². The number of benzene rings is 1. The molecule has 0 spiro atoms. The van der Waals surface area contributed by atoms with Gasteiger partial charge < -0.3 is 5.73 Å². The zero-order chi connectivity index (χ0) is 14.6. The van der Waals surface area contributed by atoms with Crippen LogP contribution in [0.4, 0.5) is 5.69 Å². The van der Waals surface area contributed by atoms with Crippen molar-refractivity contribution in [3.8, 4) is 0 Å². The first kappa shape index (κ1) is 15.0. The largest absolute Gasteiger partial charge is 0.399 e. The standard InChI is InChI=1S/C14H18N2O2S2/c1-11(9-14-3-2-8-19-14)16-20(17,18)10-12-4-6-13(15)7-5-12/h2-8,11,16H,9-10,15H2,1H3. The summed E-state index contributed by atoms with van der Waals surface area (Å²) in [5.74, 6) is -0.0257. The molecule has 0 aliphatic heterocycles. The van der Waals surface area contributed by atoms with Crippen LogP contribution in [0, 0.1) is 0 Å². The molecule has 0 bridgehead atoms. The minimum Gasteiger partial charge on any atom is -0.399 e. The topological polar surface area (TPSA) is 72.2 Å². The Kier molecular flexibility index (Phi) is 4.80. The van der Waals surface area contributed by atoms with E-state index in [1.54, 1.807) is 35.6 Å². The number of nitrogens with one attached hydrogen (secondary N) is 1. The molecule has 1 heterocycles. The summed E-state index contributed by atoms with van der Waals surface area (Å²) in [6.07, 6.45) is 0.707. The molecule has 4 nitrogen and oxygen atoms in total. The van der Waals surface area contributed by atoms with Crippen molar-refractivity contribution in [2.75, 3.05) is 5.73 Å². The van der Waals surface area contributed by atoms with Gasteiger partial charge in [-0.25, -0.2) is 13.1 Å². The highest BCUT2D eigenvalue weighted by atomic mass is 32.2. The Bertz CT molecular complexity index is 634. The molecular formula is C14H18N2O2S2. The molecule has 1 unspecified atom stereocenters. The second kappa shape index (κ2) is 6.39. The van der Waals surface area contributed by atoms with Gasteiger partial charge in [-0.15, -0.1) is 11.3 Å². The molecule has 1 aromatic heterocycles. The van der Waals surface area contributed by atoms with Gasteiger partial charge in [0, 0.05) is 16.6 Å². The molecule has 3 N–H and O–H groups in total. The molecule has 2 rings (SSSR count). The summed E-state index contributed by atoms with van der Waals surface area (Å²) >= 11 is 1.63. The second-order valence-corrected chi connectivity index (χ2v) is 7.59. The number of nitrogens with two attached hydrogens (primary N) is 1. The molecule has 0 aliphatic rings. The normalized spacial score (nSPS) is 13.2. The molecule has 2 aromatic rings. The minimum atomic E-state index is -3.34. The van der Waals surface area contributed by atoms with Crippen LogP contribution in [0.2, 0.25) is 0 Å². The van der Waals surface area contributed by atoms with Gasteiger partial charge in [0.05, 0.1) is 5.75 Å². The van der Waals surface area contributed by atoms with Gasteiger partial charge in [-0.2, -0.15) is 0 Å². The van der Waals surface area contributed by atoms with Crippen molar-refractivity contribution >= 4 is 27.0 Å². The van der Waals surface area contributed by atoms with Crippen LogP contribution in [0.3, 0.4) is 0 Å². The van der Waals surface area contributed by atoms with Gasteiger partial charge in [0.15, 0.2) is 0 Å². The monoisotopic (exact) mass is 310 g/mol. The number of rotatable bonds is 6. The summed E-state index contributed by atoms with van der Waals surface area (Å²) < 4.78 is 26.9. The predicted molar refractivity (Wildman–Crippen MR) is 84.1 cm³/mol. The van der Waals surface area contributed by atoms with E-state index in [0.717, 1.165) is 5.56 Å². The Labute approximate surface area is 123 Å². The maximum atomic E-state index is 12.1. The van der Waals surface area contributed by atoms with Crippen LogP contribution < -0.4 is 10.5 Å². The lowest BCUT2D eigenvalue weighted by atomic mass is 10.2. The van der Waals surface area contributed by atoms with Gasteiger partial charge in [-0.05, 0) is 42.5 Å². The molecule has 108 valence electrons. The Morgan fingerprint density at radius 1 is 1.25 bits per heavy atom. The van der Waals surface area contributed by atoms with E-state index in [0.29, 0.717) is 12.1 Å². The van der Waals surface area contributed by atoms with E-state index in [-0.39, 0.29) is 11.8 Å². The zero-order valence-corrected chi connectivity index (χ0v) is 12.9. The Morgan fingerprint density at radius 3 is 2.55 bits per heavy atom. The first-order valence-electron chi connectivity index (χ1n) is 6.31. The molecule has 0 radical (unpaired) electrons. The van der Waals surface area contributed by atoms with Crippen molar-refractivity contribution in [2.45, 2.75) is 25.1 Å². The van der Waals surface area contributed by atoms with Gasteiger partial charge in [0.25, 0.3) is 0 Å². The van der Waals surface area contributed by atoms with E-state index < -0.39 is 10.0 Å². The molecule has 0 saturated heterocycles. The van der Waals surface area contributed by atoms with Gasteiger partial charge in [-0.1, -0.05) is 18.2 Å². The Hall–Kier alpha value is -1.37. The van der Waals surface area contributed by atoms with Crippen LogP contribution in [0.5, 0.6) is 0 Å². The maximum absolute atomic E-state index is 12.1. The maximum Gasteiger partial charge on any atom is 0.216 e. The van der Waals surface area contributed by atoms with Crippen molar-refractivity contribution in [3.63, 3.8) is 0 Å². The van der Waals surface area contributed by atoms with Crippen molar-refractivity contribution in [1.82, 2.24) is 4.72 Å². The van der Waals surface area contributed by atoms with Gasteiger partial charge >= 0.3 is 0 Å². The molecule has 6 heteroatoms. The lowest BCUT2D eigenvalue weighted by Gasteiger charge is -2.13. The summed E-state index contributed by atoms with van der Waals surface area (Å²) in [5, 5.41) is 1.99. The van der Waals surface area contributed by atoms with Crippen LogP contribution in [-0.2, 0) is 22.2 Å². The first-order chi connectivity index (χ1) is 9.44. The molecule has 0 aliphatic carbocycles. The van der Waals surface area contributed by atoms with E-state index in [2.05, 4.69) is 4.72 Å². The minimum absolute atomic E-state index is 0.0257. The third-order valence-electron chi connectivity index (χ3n) is 2.80. The highest BCUT2D eigenvalue weighted by Gasteiger charge is 2.15. The third-order valence-corrected chi connectivity index (χ3v) is 5.18. The van der Waals surface area contributed by atoms with Gasteiger partial charge in [-0.3, -0.25) is 0 Å². The fourth-order valence-electron chi connectivity index (χ4n) is 1.95. The number of nitrogen functional groups attached to an aromatic ring is 1. The summed E-state index contributed by atoms with van der Waals surface area (Å²) in [5.41, 5.74) is 6.94. The summed E-state index contributed by atoms with van der Waals surface area (Å²) in [6, 6.07) is 10.7. The third kappa shape index (κ3) is 4.63. The molecule has 0 amide bonds. The number of thiophene rings is 1. The molecule has 1 aromatic carbocycles. The zero-order valence-electron chi connectivity index (χ0n) is 11.2. The van der Waals surface area contributed by atoms with Crippen molar-refractivity contribution in [3.05, 3.63) is 52.2 Å². The first-order valence-corrected chi connectivity index (χ1v) is 8.84. The molecular weight excluding hydrogens is 292 g/mol. The van der Waals surface area contributed by atoms with Crippen LogP contribution in [0.25, 0.3) is 0 Å². The quantitative estimate of drug-likeness (QED) is 0.805. The molecule has 0 saturated carbocycles. The van der Waals surface area contributed by atoms with Crippen LogP contribution in [-0.4, -0.2) is 14.5 Å². The van der Waals surface area contributed by atoms with E-state index in [4.69, 9.17) is 5.73 Å². The summed E-state index contributed by atoms with van der Waals surface area (Å²) in [4.78, 5) is 1.17. The van der Waals surface area contributed by atoms with Gasteiger partial charge in [0.1, 0.15) is 0 Å². The summed E-state index contributed by atoms with van der Waals surface area (Å²) in [7, 11) is -3.34. The number of hydrogen-bond acceptors (Lipinski definition) is 4. The highest BCUT2D eigenvalue weighted by Crippen LogP contribution is 2.13. The average Bonchev–Trinajstić information content (AvgIpc) is 2.83. The fraction of sp³-hybridized carbons (Fsp3) is 0.286. The smallest absolute Gasteiger partial charge is 0.216 e. The lowest BCUT2D eigenvalue weighted by molar-refractivity contribution is 0.560. The fourth-order valence-corrected chi connectivity index (χ4v) is 4.20. The SMILES string of the molecule is CC(Cc1cccs1)NS(=O)(=O)Cc1ccc(N)cc1. The number of hydrogen-bond donors (Lipinski definition) is 2. The van der Waals surface area contributed by atoms with Gasteiger partial charge in [0.2, 0.25) is 10.0 Å².